The maximum Gasteiger partial charge on any atom is 0.339 e. The highest BCUT2D eigenvalue weighted by Gasteiger charge is 2.08. The minimum absolute atomic E-state index is 0.0645. The largest absolute Gasteiger partial charge is 0.507 e. The van der Waals surface area contributed by atoms with Crippen LogP contribution in [0.15, 0.2) is 33.5 Å². The van der Waals surface area contributed by atoms with Gasteiger partial charge in [-0.15, -0.1) is 0 Å². The van der Waals surface area contributed by atoms with E-state index in [4.69, 9.17) is 9.15 Å². The van der Waals surface area contributed by atoms with Crippen LogP contribution in [0.4, 0.5) is 0 Å². The van der Waals surface area contributed by atoms with E-state index in [2.05, 4.69) is 15.9 Å². The topological polar surface area (TPSA) is 76.7 Å². The molecule has 2 aromatic rings. The molecule has 0 radical (unpaired) electrons. The first-order valence-electron chi connectivity index (χ1n) is 4.63. The Morgan fingerprint density at radius 2 is 2.18 bits per heavy atom. The van der Waals surface area contributed by atoms with E-state index in [1.165, 1.54) is 18.2 Å². The lowest BCUT2D eigenvalue weighted by Crippen LogP contribution is -2.08. The van der Waals surface area contributed by atoms with Crippen molar-refractivity contribution in [1.82, 2.24) is 0 Å². The Labute approximate surface area is 104 Å². The molecule has 0 spiro atoms. The first-order valence-corrected chi connectivity index (χ1v) is 5.76. The molecule has 0 atom stereocenters. The number of fused-ring (bicyclic) bond motifs is 1. The smallest absolute Gasteiger partial charge is 0.339 e. The zero-order chi connectivity index (χ0) is 12.4. The van der Waals surface area contributed by atoms with Crippen LogP contribution >= 0.6 is 15.9 Å². The average Bonchev–Trinajstić information content (AvgIpc) is 2.28. The van der Waals surface area contributed by atoms with Gasteiger partial charge < -0.3 is 14.3 Å². The molecular weight excluding hydrogens is 292 g/mol. The molecule has 88 valence electrons. The fourth-order valence-electron chi connectivity index (χ4n) is 1.35. The summed E-state index contributed by atoms with van der Waals surface area (Å²) in [5.41, 5.74) is -0.506. The van der Waals surface area contributed by atoms with E-state index < -0.39 is 11.6 Å². The van der Waals surface area contributed by atoms with E-state index in [1.807, 2.05) is 0 Å². The van der Waals surface area contributed by atoms with Crippen molar-refractivity contribution in [2.75, 3.05) is 5.33 Å². The van der Waals surface area contributed by atoms with Gasteiger partial charge in [0.25, 0.3) is 0 Å². The van der Waals surface area contributed by atoms with Crippen molar-refractivity contribution >= 4 is 32.9 Å². The SMILES string of the molecule is O=C(CBr)Oc1ccc2c(O)cc(=O)oc2c1. The number of esters is 1. The summed E-state index contributed by atoms with van der Waals surface area (Å²) in [5, 5.41) is 9.94. The minimum atomic E-state index is -0.668. The Hall–Kier alpha value is -1.82. The second-order valence-corrected chi connectivity index (χ2v) is 3.78. The third kappa shape index (κ3) is 2.47. The summed E-state index contributed by atoms with van der Waals surface area (Å²) in [5.74, 6) is -0.392. The predicted molar refractivity (Wildman–Crippen MR) is 63.6 cm³/mol. The van der Waals surface area contributed by atoms with E-state index in [0.717, 1.165) is 6.07 Å². The zero-order valence-electron chi connectivity index (χ0n) is 8.47. The standard InChI is InChI=1S/C11H7BrO5/c12-5-11(15)16-6-1-2-7-8(13)4-10(14)17-9(7)3-6/h1-4,13H,5H2. The molecular formula is C11H7BrO5. The number of halogens is 1. The lowest BCUT2D eigenvalue weighted by atomic mass is 10.2. The van der Waals surface area contributed by atoms with Gasteiger partial charge in [0.2, 0.25) is 0 Å². The summed E-state index contributed by atoms with van der Waals surface area (Å²) >= 11 is 2.96. The van der Waals surface area contributed by atoms with Gasteiger partial charge in [0.1, 0.15) is 22.4 Å². The van der Waals surface area contributed by atoms with E-state index in [-0.39, 0.29) is 22.4 Å². The fourth-order valence-corrected chi connectivity index (χ4v) is 1.46. The highest BCUT2D eigenvalue weighted by atomic mass is 79.9. The molecule has 1 aromatic heterocycles. The number of carbonyl (C=O) groups excluding carboxylic acids is 1. The maximum atomic E-state index is 11.1. The lowest BCUT2D eigenvalue weighted by Gasteiger charge is -2.03. The van der Waals surface area contributed by atoms with Crippen LogP contribution in [0.1, 0.15) is 0 Å². The summed E-state index contributed by atoms with van der Waals surface area (Å²) in [6.07, 6.45) is 0. The van der Waals surface area contributed by atoms with E-state index in [9.17, 15) is 14.7 Å². The molecule has 0 bridgehead atoms. The maximum absolute atomic E-state index is 11.1. The second-order valence-electron chi connectivity index (χ2n) is 3.22. The van der Waals surface area contributed by atoms with Gasteiger partial charge in [-0.2, -0.15) is 0 Å². The number of aromatic hydroxyl groups is 1. The van der Waals surface area contributed by atoms with Gasteiger partial charge in [0.05, 0.1) is 11.5 Å². The molecule has 2 rings (SSSR count). The monoisotopic (exact) mass is 298 g/mol. The zero-order valence-corrected chi connectivity index (χ0v) is 10.1. The van der Waals surface area contributed by atoms with E-state index in [0.29, 0.717) is 5.39 Å². The van der Waals surface area contributed by atoms with Crippen LogP contribution < -0.4 is 10.4 Å². The number of alkyl halides is 1. The van der Waals surface area contributed by atoms with E-state index in [1.54, 1.807) is 0 Å². The highest BCUT2D eigenvalue weighted by Crippen LogP contribution is 2.26. The molecule has 5 nitrogen and oxygen atoms in total. The quantitative estimate of drug-likeness (QED) is 0.396. The summed E-state index contributed by atoms with van der Waals surface area (Å²) in [6, 6.07) is 5.36. The van der Waals surface area contributed by atoms with Gasteiger partial charge in [0, 0.05) is 6.07 Å². The Balaban J connectivity index is 2.50. The number of hydrogen-bond acceptors (Lipinski definition) is 5. The molecule has 0 saturated heterocycles. The van der Waals surface area contributed by atoms with Crippen molar-refractivity contribution in [3.05, 3.63) is 34.7 Å². The number of benzene rings is 1. The van der Waals surface area contributed by atoms with Crippen molar-refractivity contribution in [3.8, 4) is 11.5 Å². The van der Waals surface area contributed by atoms with Crippen LogP contribution in [0, 0.1) is 0 Å². The van der Waals surface area contributed by atoms with Crippen LogP contribution in [0.3, 0.4) is 0 Å². The molecule has 0 unspecified atom stereocenters. The molecule has 1 N–H and O–H groups in total. The summed E-state index contributed by atoms with van der Waals surface area (Å²) in [7, 11) is 0. The van der Waals surface area contributed by atoms with Gasteiger partial charge >= 0.3 is 11.6 Å². The van der Waals surface area contributed by atoms with Gasteiger partial charge in [-0.1, -0.05) is 15.9 Å². The summed E-state index contributed by atoms with van der Waals surface area (Å²) in [6.45, 7) is 0. The molecule has 1 heterocycles. The van der Waals surface area contributed by atoms with Crippen molar-refractivity contribution in [1.29, 1.82) is 0 Å². The summed E-state index contributed by atoms with van der Waals surface area (Å²) in [4.78, 5) is 22.1. The van der Waals surface area contributed by atoms with Crippen molar-refractivity contribution < 1.29 is 19.1 Å². The van der Waals surface area contributed by atoms with Gasteiger partial charge in [0.15, 0.2) is 0 Å². The van der Waals surface area contributed by atoms with Crippen LogP contribution in [-0.2, 0) is 4.79 Å². The molecule has 1 aromatic carbocycles. The van der Waals surface area contributed by atoms with Crippen molar-refractivity contribution in [3.63, 3.8) is 0 Å². The normalized spacial score (nSPS) is 10.4. The predicted octanol–water partition coefficient (Wildman–Crippen LogP) is 1.80. The molecule has 0 amide bonds. The van der Waals surface area contributed by atoms with Gasteiger partial charge in [-0.3, -0.25) is 4.79 Å². The molecule has 0 aliphatic rings. The minimum Gasteiger partial charge on any atom is -0.507 e. The van der Waals surface area contributed by atoms with Crippen LogP contribution in [0.2, 0.25) is 0 Å². The van der Waals surface area contributed by atoms with Crippen molar-refractivity contribution in [2.45, 2.75) is 0 Å². The molecule has 6 heteroatoms. The van der Waals surface area contributed by atoms with E-state index >= 15 is 0 Å². The molecule has 0 aliphatic carbocycles. The third-order valence-electron chi connectivity index (χ3n) is 2.03. The van der Waals surface area contributed by atoms with Crippen molar-refractivity contribution in [2.24, 2.45) is 0 Å². The molecule has 17 heavy (non-hydrogen) atoms. The Kier molecular flexibility index (Phi) is 3.14. The first kappa shape index (κ1) is 11.7. The first-order chi connectivity index (χ1) is 8.10. The number of rotatable bonds is 2. The van der Waals surface area contributed by atoms with Crippen LogP contribution in [0.25, 0.3) is 11.0 Å². The molecule has 0 saturated carbocycles. The Morgan fingerprint density at radius 3 is 2.88 bits per heavy atom. The number of carbonyl (C=O) groups is 1. The van der Waals surface area contributed by atoms with Gasteiger partial charge in [-0.25, -0.2) is 4.79 Å². The fraction of sp³-hybridized carbons (Fsp3) is 0.0909. The Morgan fingerprint density at radius 1 is 1.41 bits per heavy atom. The summed E-state index contributed by atoms with van der Waals surface area (Å²) < 4.78 is 9.80. The number of hydrogen-bond donors (Lipinski definition) is 1. The number of ether oxygens (including phenoxy) is 1. The molecule has 0 fully saturated rings. The Bertz CT molecular complexity index is 631. The molecule has 0 aliphatic heterocycles. The lowest BCUT2D eigenvalue weighted by molar-refractivity contribution is -0.131. The highest BCUT2D eigenvalue weighted by molar-refractivity contribution is 9.09. The van der Waals surface area contributed by atoms with Crippen LogP contribution in [-0.4, -0.2) is 16.4 Å². The third-order valence-corrected chi connectivity index (χ3v) is 2.49. The van der Waals surface area contributed by atoms with Gasteiger partial charge in [-0.05, 0) is 12.1 Å². The average molecular weight is 299 g/mol. The van der Waals surface area contributed by atoms with Crippen LogP contribution in [0.5, 0.6) is 11.5 Å². The second kappa shape index (κ2) is 4.58.